The number of amides is 16. The predicted octanol–water partition coefficient (Wildman–Crippen LogP) is -1.32. The number of carbonyl (C=O) groups excluding carboxylic acids is 16. The van der Waals surface area contributed by atoms with Crippen LogP contribution in [0.4, 0.5) is 0 Å². The lowest BCUT2D eigenvalue weighted by Gasteiger charge is -2.32. The number of thioether (sulfide) groups is 1. The largest absolute Gasteiger partial charge is 0.508 e. The van der Waals surface area contributed by atoms with Crippen molar-refractivity contribution in [2.24, 2.45) is 40.9 Å². The van der Waals surface area contributed by atoms with Crippen LogP contribution in [0.3, 0.4) is 0 Å². The number of carboxylic acids is 1. The molecule has 0 aliphatic carbocycles. The second kappa shape index (κ2) is 54.0. The van der Waals surface area contributed by atoms with Gasteiger partial charge in [0.2, 0.25) is 94.5 Å². The summed E-state index contributed by atoms with van der Waals surface area (Å²) < 4.78 is 0. The summed E-state index contributed by atoms with van der Waals surface area (Å²) in [4.78, 5) is 260. The van der Waals surface area contributed by atoms with Crippen LogP contribution >= 0.6 is 11.8 Å². The fourth-order valence-corrected chi connectivity index (χ4v) is 15.9. The summed E-state index contributed by atoms with van der Waals surface area (Å²) in [6, 6.07) is 4.36. The van der Waals surface area contributed by atoms with E-state index >= 15 is 28.8 Å². The Hall–Kier alpha value is -14.0. The van der Waals surface area contributed by atoms with E-state index in [1.807, 2.05) is 30.3 Å². The number of phenols is 1. The van der Waals surface area contributed by atoms with Crippen LogP contribution in [0.25, 0.3) is 22.0 Å². The van der Waals surface area contributed by atoms with E-state index in [0.29, 0.717) is 33.8 Å². The second-order valence-electron chi connectivity index (χ2n) is 35.9. The van der Waals surface area contributed by atoms with Crippen LogP contribution in [0.1, 0.15) is 143 Å². The molecule has 750 valence electrons. The average Bonchev–Trinajstić information content (AvgIpc) is 1.46. The van der Waals surface area contributed by atoms with Gasteiger partial charge in [0.1, 0.15) is 96.4 Å². The predicted molar refractivity (Wildman–Crippen MR) is 513 cm³/mol. The molecule has 0 saturated carbocycles. The molecule has 0 unspecified atom stereocenters. The molecule has 0 radical (unpaired) electrons. The summed E-state index contributed by atoms with van der Waals surface area (Å²) in [5.41, 5.74) is 20.8. The first-order chi connectivity index (χ1) is 65.3. The zero-order chi connectivity index (χ0) is 102. The summed E-state index contributed by atoms with van der Waals surface area (Å²) in [5, 5.41) is 79.8. The van der Waals surface area contributed by atoms with Gasteiger partial charge in [0.25, 0.3) is 0 Å². The molecule has 7 rings (SSSR count). The van der Waals surface area contributed by atoms with Gasteiger partial charge in [-0.2, -0.15) is 0 Å². The molecule has 4 aromatic carbocycles. The van der Waals surface area contributed by atoms with Crippen molar-refractivity contribution >= 4 is 129 Å². The number of aromatic hydroxyl groups is 1. The number of hydrogen-bond donors (Lipinski definition) is 24. The minimum Gasteiger partial charge on any atom is -0.508 e. The number of aromatic amines is 2. The number of nitrogens with two attached hydrogens (primary N) is 3. The third-order valence-corrected chi connectivity index (χ3v) is 24.0. The highest BCUT2D eigenvalue weighted by molar-refractivity contribution is 8.00. The van der Waals surface area contributed by atoms with Gasteiger partial charge in [-0.1, -0.05) is 140 Å². The number of guanidine groups is 1. The number of aliphatic hydroxyl groups excluding tert-OH is 1. The number of H-pyrrole nitrogens is 2. The number of nitrogens with zero attached hydrogens (tertiary/aromatic N) is 2. The number of para-hydroxylation sites is 1. The van der Waals surface area contributed by atoms with Crippen molar-refractivity contribution in [2.45, 2.75) is 244 Å². The molecule has 6 aromatic rings. The molecule has 0 spiro atoms. The summed E-state index contributed by atoms with van der Waals surface area (Å²) in [7, 11) is 1.28. The number of aliphatic hydroxyl groups is 1. The van der Waals surface area contributed by atoms with Gasteiger partial charge >= 0.3 is 5.97 Å². The van der Waals surface area contributed by atoms with Crippen LogP contribution in [0, 0.1) is 29.1 Å². The van der Waals surface area contributed by atoms with Crippen molar-refractivity contribution in [3.05, 3.63) is 144 Å². The fraction of sp³-hybridized carbons (Fsp3) is 0.500. The highest BCUT2D eigenvalue weighted by atomic mass is 32.2. The number of phenolic OH excluding ortho intramolecular Hbond substituents is 1. The Morgan fingerprint density at radius 3 is 1.51 bits per heavy atom. The Morgan fingerprint density at radius 2 is 0.971 bits per heavy atom. The zero-order valence-electron chi connectivity index (χ0n) is 79.5. The molecule has 44 heteroatoms. The quantitative estimate of drug-likeness (QED) is 0.0154. The molecule has 0 bridgehead atoms. The highest BCUT2D eigenvalue weighted by Gasteiger charge is 2.42. The molecule has 1 fully saturated rings. The number of hydrogen-bond acceptors (Lipinski definition) is 23. The lowest BCUT2D eigenvalue weighted by Crippen LogP contribution is -2.62. The van der Waals surface area contributed by atoms with Crippen molar-refractivity contribution in [1.29, 1.82) is 5.41 Å². The van der Waals surface area contributed by atoms with Crippen LogP contribution < -0.4 is 97.0 Å². The molecule has 1 aliphatic rings. The molecule has 16 amide bonds. The number of nitrogens with one attached hydrogen (secondary N) is 18. The van der Waals surface area contributed by atoms with Crippen molar-refractivity contribution in [3.63, 3.8) is 0 Å². The molecule has 3 heterocycles. The Morgan fingerprint density at radius 1 is 0.514 bits per heavy atom. The third kappa shape index (κ3) is 34.9. The molecular formula is C94H133N23O20S. The van der Waals surface area contributed by atoms with E-state index < -0.39 is 239 Å². The van der Waals surface area contributed by atoms with E-state index in [2.05, 4.69) is 94.7 Å². The molecule has 1 saturated heterocycles. The summed E-state index contributed by atoms with van der Waals surface area (Å²) in [5.74, 6) is -21.8. The number of carbonyl (C=O) groups is 17. The van der Waals surface area contributed by atoms with Crippen molar-refractivity contribution in [3.8, 4) is 16.9 Å². The van der Waals surface area contributed by atoms with Crippen LogP contribution in [-0.2, 0) is 107 Å². The minimum absolute atomic E-state index is 0.00276. The van der Waals surface area contributed by atoms with Crippen LogP contribution in [0.2, 0.25) is 0 Å². The van der Waals surface area contributed by atoms with Crippen molar-refractivity contribution < 1.29 is 96.8 Å². The number of carboxylic acid groups (broad SMARTS) is 1. The average molecular weight is 1940 g/mol. The maximum Gasteiger partial charge on any atom is 0.305 e. The van der Waals surface area contributed by atoms with Gasteiger partial charge in [-0.05, 0) is 136 Å². The van der Waals surface area contributed by atoms with E-state index in [-0.39, 0.29) is 99.7 Å². The van der Waals surface area contributed by atoms with Gasteiger partial charge in [0.05, 0.1) is 24.6 Å². The second-order valence-corrected chi connectivity index (χ2v) is 36.9. The first-order valence-electron chi connectivity index (χ1n) is 45.8. The molecule has 27 N–H and O–H groups in total. The SMILES string of the molecule is CC(C)C[C@@H]1NC(=O)[C@H](CCCN)NC(=O)[C@@H](CC(C)C)NC(=O)[C@H](C)N(C)C(=O)[C@H](CCCNC(=N)N)NC(=O)[C@H](Cc2ccc(-c3ccccc3)cc2)NC(=O)[C@H](C(C)C)NC(=O)[C@H](Cc2c[nH]c3ccccc23)NC(=O)[C@H](CC(=O)O)NC(=O)[C@H](Cc2ccc(O)cc2)NC(=O)[C@H](Cc2cnc[nH]2)NC(=O)CSC[C@@H](C(=O)N[C@@H](C)C(N)=O)NC(=O)[C@H]([C@@H](C)O)NC(=O)[C@H](C(C)C)NC1=O. The van der Waals surface area contributed by atoms with Gasteiger partial charge in [-0.3, -0.25) is 86.9 Å². The standard InChI is InChI=1S/C94H133N23O20S/c1-48(2)36-66-82(126)105-64(24-18-34-95)81(125)108-67(37-49(3)4)87(131)115-77(51(7)8)91(135)116-78(54(11)118)92(136)113-73(89(133)103-52(9)79(96)123)45-138-46-74(120)104-71(41-60-44-99-47-102-60)85(129)109-68(39-56-28-32-61(119)33-29-56)84(128)111-72(42-75(121)122)86(130)110-70(40-59-43-101-63-23-17-16-22-62(59)63)88(132)114-76(50(5)6)90(134)112-69(38-55-26-30-58(31-27-55)57-20-14-13-15-21-57)83(127)106-65(25-19-35-100-94(97)98)93(137)117(12)53(10)80(124)107-66/h13-17,20-23,26-33,43-44,47-54,64-73,76-78,101,118-119H,18-19,24-25,34-42,45-46,95H2,1-12H3,(H2,96,123)(H,99,102)(H,103,133)(H,104,120)(H,105,126)(H,106,127)(H,107,124)(H,108,125)(H,109,129)(H,110,130)(H,111,128)(H,112,134)(H,113,136)(H,114,132)(H,115,131)(H,116,135)(H,121,122)(H4,97,98,100)/t52-,53-,54+,64-,65-,66+,67-,68-,69-,70-,71-,72-,73-,76-,77-,78-/m0/s1. The maximum absolute atomic E-state index is 15.5. The molecular weight excluding hydrogens is 1800 g/mol. The highest BCUT2D eigenvalue weighted by Crippen LogP contribution is 2.24. The summed E-state index contributed by atoms with van der Waals surface area (Å²) >= 11 is 0.697. The monoisotopic (exact) mass is 1940 g/mol. The van der Waals surface area contributed by atoms with Crippen LogP contribution in [0.15, 0.2) is 122 Å². The lowest BCUT2D eigenvalue weighted by molar-refractivity contribution is -0.143. The number of imidazole rings is 1. The fourth-order valence-electron chi connectivity index (χ4n) is 15.1. The number of aromatic nitrogens is 3. The smallest absolute Gasteiger partial charge is 0.305 e. The zero-order valence-corrected chi connectivity index (χ0v) is 80.3. The number of benzene rings is 4. The summed E-state index contributed by atoms with van der Waals surface area (Å²) in [6.07, 6.45) is -0.439. The first kappa shape index (κ1) is 111. The Kier molecular flexibility index (Phi) is 43.5. The van der Waals surface area contributed by atoms with Gasteiger partial charge < -0.3 is 127 Å². The molecule has 1 aliphatic heterocycles. The van der Waals surface area contributed by atoms with Gasteiger partial charge in [0, 0.05) is 74.0 Å². The summed E-state index contributed by atoms with van der Waals surface area (Å²) in [6.45, 7) is 17.0. The minimum atomic E-state index is -2.09. The van der Waals surface area contributed by atoms with E-state index in [9.17, 15) is 68.1 Å². The topological polar surface area (TPSA) is 681 Å². The van der Waals surface area contributed by atoms with E-state index in [1.165, 1.54) is 57.7 Å². The Labute approximate surface area is 804 Å². The van der Waals surface area contributed by atoms with Gasteiger partial charge in [-0.15, -0.1) is 11.8 Å². The molecule has 16 atom stereocenters. The number of rotatable bonds is 28. The Bertz CT molecular complexity index is 5200. The molecule has 43 nitrogen and oxygen atoms in total. The van der Waals surface area contributed by atoms with E-state index in [4.69, 9.17) is 22.6 Å². The maximum atomic E-state index is 15.5. The van der Waals surface area contributed by atoms with Gasteiger partial charge in [0.15, 0.2) is 5.96 Å². The number of primary amides is 1. The Balaban J connectivity index is 1.34. The van der Waals surface area contributed by atoms with Crippen molar-refractivity contribution in [2.75, 3.05) is 31.6 Å². The van der Waals surface area contributed by atoms with E-state index in [0.717, 1.165) is 23.0 Å². The normalized spacial score (nSPS) is 23.4. The number of fused-ring (bicyclic) bond motifs is 1. The number of aliphatic carboxylic acids is 1. The third-order valence-electron chi connectivity index (χ3n) is 22.9. The van der Waals surface area contributed by atoms with Gasteiger partial charge in [-0.25, -0.2) is 4.98 Å². The lowest BCUT2D eigenvalue weighted by atomic mass is 9.98. The van der Waals surface area contributed by atoms with Crippen molar-refractivity contribution in [1.82, 2.24) is 99.6 Å². The van der Waals surface area contributed by atoms with Crippen LogP contribution in [0.5, 0.6) is 5.75 Å². The number of likely N-dealkylation sites (N-methyl/N-ethyl adjacent to an activating group) is 1. The van der Waals surface area contributed by atoms with E-state index in [1.54, 1.807) is 110 Å². The molecule has 2 aromatic heterocycles. The first-order valence-corrected chi connectivity index (χ1v) is 47.0. The van der Waals surface area contributed by atoms with Crippen LogP contribution in [-0.4, -0.2) is 270 Å². The molecule has 138 heavy (non-hydrogen) atoms.